The van der Waals surface area contributed by atoms with Crippen molar-refractivity contribution < 1.29 is 9.21 Å². The zero-order chi connectivity index (χ0) is 13.2. The second-order valence-corrected chi connectivity index (χ2v) is 4.02. The molecule has 0 bridgehead atoms. The van der Waals surface area contributed by atoms with Gasteiger partial charge in [0.1, 0.15) is 5.69 Å². The van der Waals surface area contributed by atoms with Crippen molar-refractivity contribution in [3.05, 3.63) is 53.9 Å². The zero-order valence-corrected chi connectivity index (χ0v) is 9.81. The number of aromatic amines is 1. The number of nitrogens with one attached hydrogen (secondary N) is 2. The van der Waals surface area contributed by atoms with Crippen LogP contribution in [0.5, 0.6) is 0 Å². The lowest BCUT2D eigenvalue weighted by molar-refractivity contribution is 0.102. The Bertz CT molecular complexity index is 746. The highest BCUT2D eigenvalue weighted by Gasteiger charge is 2.11. The third kappa shape index (κ3) is 2.07. The van der Waals surface area contributed by atoms with E-state index in [1.54, 1.807) is 42.7 Å². The average molecular weight is 251 g/mol. The number of carbonyl (C=O) groups is 1. The Kier molecular flexibility index (Phi) is 2.54. The van der Waals surface area contributed by atoms with Crippen LogP contribution < -0.4 is 5.32 Å². The maximum absolute atomic E-state index is 12.0. The second-order valence-electron chi connectivity index (χ2n) is 4.02. The molecule has 0 atom stereocenters. The molecule has 0 aliphatic rings. The molecular formula is C14H9N3O2. The highest BCUT2D eigenvalue weighted by Crippen LogP contribution is 2.17. The Morgan fingerprint density at radius 1 is 1.26 bits per heavy atom. The van der Waals surface area contributed by atoms with Gasteiger partial charge in [0.25, 0.3) is 5.91 Å². The number of rotatable bonds is 2. The molecule has 3 rings (SSSR count). The number of anilines is 1. The van der Waals surface area contributed by atoms with Crippen molar-refractivity contribution in [2.24, 2.45) is 0 Å². The minimum Gasteiger partial charge on any atom is -0.463 e. The molecular weight excluding hydrogens is 242 g/mol. The summed E-state index contributed by atoms with van der Waals surface area (Å²) in [6, 6.07) is 12.1. The predicted molar refractivity (Wildman–Crippen MR) is 69.7 cm³/mol. The number of nitrogens with zero attached hydrogens (tertiary/aromatic N) is 1. The average Bonchev–Trinajstić information content (AvgIpc) is 3.00. The molecule has 0 spiro atoms. The van der Waals surface area contributed by atoms with Crippen molar-refractivity contribution in [1.82, 2.24) is 4.98 Å². The molecule has 1 amide bonds. The lowest BCUT2D eigenvalue weighted by atomic mass is 10.2. The maximum Gasteiger partial charge on any atom is 0.272 e. The van der Waals surface area contributed by atoms with E-state index in [1.165, 1.54) is 0 Å². The van der Waals surface area contributed by atoms with Crippen LogP contribution in [0.4, 0.5) is 5.69 Å². The molecule has 5 heteroatoms. The Morgan fingerprint density at radius 3 is 2.74 bits per heavy atom. The Morgan fingerprint density at radius 2 is 2.05 bits per heavy atom. The van der Waals surface area contributed by atoms with E-state index in [0.717, 1.165) is 5.52 Å². The number of hydrogen-bond acceptors (Lipinski definition) is 3. The molecule has 0 saturated heterocycles. The van der Waals surface area contributed by atoms with Crippen molar-refractivity contribution >= 4 is 22.7 Å². The molecule has 19 heavy (non-hydrogen) atoms. The number of amides is 1. The van der Waals surface area contributed by atoms with Gasteiger partial charge in [-0.25, -0.2) is 0 Å². The van der Waals surface area contributed by atoms with Gasteiger partial charge in [0.15, 0.2) is 5.58 Å². The third-order valence-electron chi connectivity index (χ3n) is 2.76. The molecule has 0 radical (unpaired) electrons. The first-order valence-electron chi connectivity index (χ1n) is 5.64. The zero-order valence-electron chi connectivity index (χ0n) is 9.81. The van der Waals surface area contributed by atoms with Crippen LogP contribution >= 0.6 is 0 Å². The summed E-state index contributed by atoms with van der Waals surface area (Å²) in [5.41, 5.74) is 3.04. The SMILES string of the molecule is N#Cc1ccc(NC(=O)c2cc3occc3[nH]2)cc1. The molecule has 2 aromatic heterocycles. The van der Waals surface area contributed by atoms with Gasteiger partial charge in [-0.15, -0.1) is 0 Å². The van der Waals surface area contributed by atoms with Crippen LogP contribution in [0.2, 0.25) is 0 Å². The van der Waals surface area contributed by atoms with Crippen LogP contribution in [-0.4, -0.2) is 10.9 Å². The summed E-state index contributed by atoms with van der Waals surface area (Å²) in [7, 11) is 0. The second kappa shape index (κ2) is 4.35. The van der Waals surface area contributed by atoms with Crippen molar-refractivity contribution in [3.8, 4) is 6.07 Å². The summed E-state index contributed by atoms with van der Waals surface area (Å²) in [4.78, 5) is 14.9. The number of carbonyl (C=O) groups excluding carboxylic acids is 1. The molecule has 3 aromatic rings. The van der Waals surface area contributed by atoms with Crippen molar-refractivity contribution in [3.63, 3.8) is 0 Å². The van der Waals surface area contributed by atoms with Gasteiger partial charge in [0, 0.05) is 17.8 Å². The van der Waals surface area contributed by atoms with Gasteiger partial charge in [-0.1, -0.05) is 0 Å². The Balaban J connectivity index is 1.80. The Labute approximate surface area is 108 Å². The number of fused-ring (bicyclic) bond motifs is 1. The van der Waals surface area contributed by atoms with Crippen LogP contribution in [-0.2, 0) is 0 Å². The number of nitriles is 1. The normalized spacial score (nSPS) is 10.3. The number of benzene rings is 1. The van der Waals surface area contributed by atoms with Crippen LogP contribution in [0.25, 0.3) is 11.1 Å². The van der Waals surface area contributed by atoms with Crippen LogP contribution in [0.15, 0.2) is 47.1 Å². The van der Waals surface area contributed by atoms with Gasteiger partial charge in [-0.3, -0.25) is 4.79 Å². The maximum atomic E-state index is 12.0. The molecule has 0 unspecified atom stereocenters. The van der Waals surface area contributed by atoms with E-state index in [2.05, 4.69) is 10.3 Å². The fourth-order valence-corrected chi connectivity index (χ4v) is 1.80. The van der Waals surface area contributed by atoms with Gasteiger partial charge in [-0.05, 0) is 24.3 Å². The van der Waals surface area contributed by atoms with Crippen LogP contribution in [0.1, 0.15) is 16.1 Å². The first-order chi connectivity index (χ1) is 9.26. The minimum atomic E-state index is -0.254. The van der Waals surface area contributed by atoms with E-state index < -0.39 is 0 Å². The number of furan rings is 1. The molecule has 0 aliphatic heterocycles. The molecule has 0 aliphatic carbocycles. The van der Waals surface area contributed by atoms with E-state index in [4.69, 9.17) is 9.68 Å². The third-order valence-corrected chi connectivity index (χ3v) is 2.76. The molecule has 5 nitrogen and oxygen atoms in total. The fraction of sp³-hybridized carbons (Fsp3) is 0. The molecule has 2 heterocycles. The monoisotopic (exact) mass is 251 g/mol. The summed E-state index contributed by atoms with van der Waals surface area (Å²) in [6.07, 6.45) is 1.56. The predicted octanol–water partition coefficient (Wildman–Crippen LogP) is 2.88. The fourth-order valence-electron chi connectivity index (χ4n) is 1.80. The van der Waals surface area contributed by atoms with Crippen molar-refractivity contribution in [2.75, 3.05) is 5.32 Å². The molecule has 1 aromatic carbocycles. The molecule has 92 valence electrons. The first-order valence-corrected chi connectivity index (χ1v) is 5.64. The quantitative estimate of drug-likeness (QED) is 0.734. The lowest BCUT2D eigenvalue weighted by Gasteiger charge is -2.03. The van der Waals surface area contributed by atoms with Crippen LogP contribution in [0.3, 0.4) is 0 Å². The minimum absolute atomic E-state index is 0.254. The lowest BCUT2D eigenvalue weighted by Crippen LogP contribution is -2.12. The molecule has 0 saturated carbocycles. The summed E-state index contributed by atoms with van der Waals surface area (Å²) < 4.78 is 5.18. The van der Waals surface area contributed by atoms with E-state index in [9.17, 15) is 4.79 Å². The number of aromatic nitrogens is 1. The summed E-state index contributed by atoms with van der Waals surface area (Å²) >= 11 is 0. The van der Waals surface area contributed by atoms with E-state index >= 15 is 0 Å². The molecule has 2 N–H and O–H groups in total. The first kappa shape index (κ1) is 11.1. The van der Waals surface area contributed by atoms with Crippen molar-refractivity contribution in [1.29, 1.82) is 5.26 Å². The highest BCUT2D eigenvalue weighted by atomic mass is 16.3. The van der Waals surface area contributed by atoms with Gasteiger partial charge in [-0.2, -0.15) is 5.26 Å². The van der Waals surface area contributed by atoms with Gasteiger partial charge < -0.3 is 14.7 Å². The summed E-state index contributed by atoms with van der Waals surface area (Å²) in [6.45, 7) is 0. The van der Waals surface area contributed by atoms with E-state index in [-0.39, 0.29) is 5.91 Å². The van der Waals surface area contributed by atoms with Crippen molar-refractivity contribution in [2.45, 2.75) is 0 Å². The Hall–Kier alpha value is -3.00. The number of hydrogen-bond donors (Lipinski definition) is 2. The van der Waals surface area contributed by atoms with Gasteiger partial charge >= 0.3 is 0 Å². The number of H-pyrrole nitrogens is 1. The molecule has 0 fully saturated rings. The largest absolute Gasteiger partial charge is 0.463 e. The highest BCUT2D eigenvalue weighted by molar-refractivity contribution is 6.05. The van der Waals surface area contributed by atoms with Gasteiger partial charge in [0.05, 0.1) is 23.4 Å². The van der Waals surface area contributed by atoms with E-state index in [0.29, 0.717) is 22.5 Å². The summed E-state index contributed by atoms with van der Waals surface area (Å²) in [5.74, 6) is -0.254. The van der Waals surface area contributed by atoms with Crippen LogP contribution in [0, 0.1) is 11.3 Å². The standard InChI is InChI=1S/C14H9N3O2/c15-8-9-1-3-10(4-2-9)16-14(18)12-7-13-11(17-12)5-6-19-13/h1-7,17H,(H,16,18). The summed E-state index contributed by atoms with van der Waals surface area (Å²) in [5, 5.41) is 11.4. The topological polar surface area (TPSA) is 81.8 Å². The van der Waals surface area contributed by atoms with Gasteiger partial charge in [0.2, 0.25) is 0 Å². The smallest absolute Gasteiger partial charge is 0.272 e. The van der Waals surface area contributed by atoms with E-state index in [1.807, 2.05) is 6.07 Å².